The third-order valence-electron chi connectivity index (χ3n) is 5.52. The molecule has 0 radical (unpaired) electrons. The van der Waals surface area contributed by atoms with Crippen LogP contribution in [0.3, 0.4) is 0 Å². The largest absolute Gasteiger partial charge is 0.378 e. The fourth-order valence-electron chi connectivity index (χ4n) is 3.86. The minimum Gasteiger partial charge on any atom is -0.378 e. The van der Waals surface area contributed by atoms with Gasteiger partial charge in [-0.25, -0.2) is 4.39 Å². The van der Waals surface area contributed by atoms with E-state index in [1.54, 1.807) is 17.7 Å². The first-order valence-corrected chi connectivity index (χ1v) is 10.0. The van der Waals surface area contributed by atoms with Crippen molar-refractivity contribution < 1.29 is 13.9 Å². The summed E-state index contributed by atoms with van der Waals surface area (Å²) >= 11 is 0. The molecule has 0 spiro atoms. The quantitative estimate of drug-likeness (QED) is 0.664. The molecule has 1 aliphatic heterocycles. The van der Waals surface area contributed by atoms with Crippen molar-refractivity contribution in [1.29, 1.82) is 0 Å². The van der Waals surface area contributed by atoms with Gasteiger partial charge in [0.25, 0.3) is 11.5 Å². The molecule has 2 aromatic carbocycles. The van der Waals surface area contributed by atoms with Crippen LogP contribution in [0.15, 0.2) is 53.3 Å². The predicted octanol–water partition coefficient (Wildman–Crippen LogP) is 3.27. The molecule has 0 saturated carbocycles. The number of amides is 1. The third-order valence-corrected chi connectivity index (χ3v) is 5.52. The highest BCUT2D eigenvalue weighted by molar-refractivity contribution is 6.07. The Kier molecular flexibility index (Phi) is 5.55. The number of nitrogens with zero attached hydrogens (tertiary/aromatic N) is 3. The highest BCUT2D eigenvalue weighted by atomic mass is 19.1. The van der Waals surface area contributed by atoms with E-state index >= 15 is 0 Å². The molecule has 1 fully saturated rings. The maximum atomic E-state index is 13.2. The fraction of sp³-hybridized carbons (Fsp3) is 0.304. The number of hydrogen-bond donors (Lipinski definition) is 0. The predicted molar refractivity (Wildman–Crippen MR) is 116 cm³/mol. The molecule has 0 atom stereocenters. The van der Waals surface area contributed by atoms with Gasteiger partial charge in [-0.3, -0.25) is 9.59 Å². The normalized spacial score (nSPS) is 14.2. The van der Waals surface area contributed by atoms with Crippen molar-refractivity contribution in [3.8, 4) is 0 Å². The van der Waals surface area contributed by atoms with Crippen LogP contribution >= 0.6 is 0 Å². The Balaban J connectivity index is 1.80. The van der Waals surface area contributed by atoms with E-state index in [4.69, 9.17) is 4.74 Å². The number of halogens is 1. The number of carbonyl (C=O) groups excluding carboxylic acids is 1. The molecule has 30 heavy (non-hydrogen) atoms. The molecule has 0 unspecified atom stereocenters. The van der Waals surface area contributed by atoms with Gasteiger partial charge in [-0.1, -0.05) is 0 Å². The van der Waals surface area contributed by atoms with Crippen molar-refractivity contribution in [2.75, 3.05) is 43.2 Å². The summed E-state index contributed by atoms with van der Waals surface area (Å²) in [5.74, 6) is -0.612. The van der Waals surface area contributed by atoms with Gasteiger partial charge in [0.1, 0.15) is 5.82 Å². The second-order valence-electron chi connectivity index (χ2n) is 7.28. The van der Waals surface area contributed by atoms with Crippen LogP contribution in [0.25, 0.3) is 10.9 Å². The molecule has 0 N–H and O–H groups in total. The zero-order chi connectivity index (χ0) is 21.3. The van der Waals surface area contributed by atoms with Gasteiger partial charge in [-0.15, -0.1) is 0 Å². The number of morpholine rings is 1. The zero-order valence-corrected chi connectivity index (χ0v) is 17.1. The summed E-state index contributed by atoms with van der Waals surface area (Å²) in [7, 11) is 1.69. The van der Waals surface area contributed by atoms with Crippen molar-refractivity contribution in [2.24, 2.45) is 0 Å². The topological polar surface area (TPSA) is 54.8 Å². The van der Waals surface area contributed by atoms with Gasteiger partial charge in [-0.2, -0.15) is 0 Å². The number of aromatic nitrogens is 1. The number of rotatable bonds is 4. The van der Waals surface area contributed by atoms with Crippen LogP contribution in [-0.2, 0) is 11.3 Å². The molecular weight excluding hydrogens is 385 g/mol. The molecule has 4 rings (SSSR count). The summed E-state index contributed by atoms with van der Waals surface area (Å²) in [5, 5.41) is 0.912. The molecular formula is C23H24FN3O3. The van der Waals surface area contributed by atoms with Crippen molar-refractivity contribution in [2.45, 2.75) is 13.5 Å². The highest BCUT2D eigenvalue weighted by Crippen LogP contribution is 2.30. The number of pyridine rings is 1. The van der Waals surface area contributed by atoms with E-state index in [-0.39, 0.29) is 17.3 Å². The van der Waals surface area contributed by atoms with Gasteiger partial charge in [-0.05, 0) is 49.4 Å². The number of anilines is 2. The molecule has 0 aliphatic carbocycles. The van der Waals surface area contributed by atoms with E-state index in [0.717, 1.165) is 16.6 Å². The molecule has 1 aliphatic rings. The van der Waals surface area contributed by atoms with Crippen LogP contribution in [0.4, 0.5) is 15.8 Å². The van der Waals surface area contributed by atoms with Crippen LogP contribution in [0, 0.1) is 5.82 Å². The smallest absolute Gasteiger partial charge is 0.258 e. The average Bonchev–Trinajstić information content (AvgIpc) is 2.78. The van der Waals surface area contributed by atoms with Gasteiger partial charge in [0.05, 0.1) is 24.4 Å². The Bertz CT molecular complexity index is 1130. The zero-order valence-electron chi connectivity index (χ0n) is 17.1. The van der Waals surface area contributed by atoms with Crippen molar-refractivity contribution in [3.63, 3.8) is 0 Å². The van der Waals surface area contributed by atoms with E-state index in [1.807, 2.05) is 25.1 Å². The SMILES string of the molecule is CCn1c(=O)cc(N2CCOCC2)c2cc(N(C)C(=O)c3ccc(F)cc3)ccc21. The minimum absolute atomic E-state index is 0.0463. The molecule has 6 nitrogen and oxygen atoms in total. The lowest BCUT2D eigenvalue weighted by Gasteiger charge is -2.30. The summed E-state index contributed by atoms with van der Waals surface area (Å²) in [5.41, 5.74) is 2.75. The van der Waals surface area contributed by atoms with E-state index in [9.17, 15) is 14.0 Å². The first-order valence-electron chi connectivity index (χ1n) is 10.0. The minimum atomic E-state index is -0.382. The summed E-state index contributed by atoms with van der Waals surface area (Å²) in [6.45, 7) is 5.14. The van der Waals surface area contributed by atoms with Crippen LogP contribution in [0.2, 0.25) is 0 Å². The maximum Gasteiger partial charge on any atom is 0.258 e. The van der Waals surface area contributed by atoms with Gasteiger partial charge in [0.2, 0.25) is 0 Å². The summed E-state index contributed by atoms with van der Waals surface area (Å²) < 4.78 is 20.4. The van der Waals surface area contributed by atoms with E-state index in [1.165, 1.54) is 29.2 Å². The fourth-order valence-corrected chi connectivity index (χ4v) is 3.86. The number of aryl methyl sites for hydroxylation is 1. The molecule has 1 amide bonds. The summed E-state index contributed by atoms with van der Waals surface area (Å²) in [4.78, 5) is 29.2. The number of benzene rings is 2. The van der Waals surface area contributed by atoms with E-state index in [2.05, 4.69) is 4.90 Å². The Morgan fingerprint density at radius 3 is 2.47 bits per heavy atom. The number of ether oxygens (including phenoxy) is 1. The number of fused-ring (bicyclic) bond motifs is 1. The highest BCUT2D eigenvalue weighted by Gasteiger charge is 2.19. The summed E-state index contributed by atoms with van der Waals surface area (Å²) in [6, 6.07) is 12.8. The molecule has 0 bridgehead atoms. The van der Waals surface area contributed by atoms with Gasteiger partial charge >= 0.3 is 0 Å². The first-order chi connectivity index (χ1) is 14.5. The van der Waals surface area contributed by atoms with Gasteiger partial charge in [0.15, 0.2) is 0 Å². The number of carbonyl (C=O) groups is 1. The summed E-state index contributed by atoms with van der Waals surface area (Å²) in [6.07, 6.45) is 0. The molecule has 1 saturated heterocycles. The third kappa shape index (κ3) is 3.68. The second kappa shape index (κ2) is 8.28. The number of hydrogen-bond acceptors (Lipinski definition) is 4. The maximum absolute atomic E-state index is 13.2. The van der Waals surface area contributed by atoms with Gasteiger partial charge in [0, 0.05) is 49.4 Å². The lowest BCUT2D eigenvalue weighted by Crippen LogP contribution is -2.37. The lowest BCUT2D eigenvalue weighted by atomic mass is 10.1. The lowest BCUT2D eigenvalue weighted by molar-refractivity contribution is 0.0993. The molecule has 3 aromatic rings. The van der Waals surface area contributed by atoms with Crippen LogP contribution < -0.4 is 15.4 Å². The van der Waals surface area contributed by atoms with Crippen molar-refractivity contribution >= 4 is 28.2 Å². The second-order valence-corrected chi connectivity index (χ2v) is 7.28. The Hall–Kier alpha value is -3.19. The van der Waals surface area contributed by atoms with Crippen LogP contribution in [-0.4, -0.2) is 43.8 Å². The average molecular weight is 409 g/mol. The molecule has 2 heterocycles. The first kappa shape index (κ1) is 20.1. The molecule has 156 valence electrons. The van der Waals surface area contributed by atoms with Crippen molar-refractivity contribution in [1.82, 2.24) is 4.57 Å². The molecule has 7 heteroatoms. The van der Waals surface area contributed by atoms with Gasteiger partial charge < -0.3 is 19.1 Å². The van der Waals surface area contributed by atoms with Crippen molar-refractivity contribution in [3.05, 3.63) is 70.3 Å². The Labute approximate surface area is 174 Å². The van der Waals surface area contributed by atoms with E-state index in [0.29, 0.717) is 44.1 Å². The Morgan fingerprint density at radius 2 is 1.80 bits per heavy atom. The van der Waals surface area contributed by atoms with E-state index < -0.39 is 0 Å². The molecule has 1 aromatic heterocycles. The van der Waals surface area contributed by atoms with Crippen LogP contribution in [0.5, 0.6) is 0 Å². The van der Waals surface area contributed by atoms with Crippen LogP contribution in [0.1, 0.15) is 17.3 Å². The Morgan fingerprint density at radius 1 is 1.10 bits per heavy atom. The standard InChI is InChI=1S/C23H24FN3O3/c1-3-27-20-9-8-18(25(2)23(29)16-4-6-17(24)7-5-16)14-19(20)21(15-22(27)28)26-10-12-30-13-11-26/h4-9,14-15H,3,10-13H2,1-2H3. The monoisotopic (exact) mass is 409 g/mol.